The first-order valence-corrected chi connectivity index (χ1v) is 4.35. The number of hydrogen-bond acceptors (Lipinski definition) is 3. The maximum atomic E-state index is 10.2. The monoisotopic (exact) mass is 193 g/mol. The van der Waals surface area contributed by atoms with Crippen LogP contribution in [0.5, 0.6) is 0 Å². The molecule has 2 atom stereocenters. The van der Waals surface area contributed by atoms with Crippen LogP contribution in [-0.2, 0) is 10.1 Å². The summed E-state index contributed by atoms with van der Waals surface area (Å²) < 4.78 is 28.8. The van der Waals surface area contributed by atoms with Crippen molar-refractivity contribution >= 4 is 52.3 Å². The van der Waals surface area contributed by atoms with Crippen molar-refractivity contribution in [2.45, 2.75) is 17.4 Å². The molecule has 0 saturated carbocycles. The van der Waals surface area contributed by atoms with Crippen LogP contribution < -0.4 is 0 Å². The van der Waals surface area contributed by atoms with E-state index in [0.29, 0.717) is 0 Å². The summed E-state index contributed by atoms with van der Waals surface area (Å²) >= 11 is 3.74. The Morgan fingerprint density at radius 2 is 1.90 bits per heavy atom. The molecule has 1 N–H and O–H groups in total. The molecule has 2 unspecified atom stereocenters. The second-order valence-corrected chi connectivity index (χ2v) is 4.22. The Kier molecular flexibility index (Phi) is 6.92. The summed E-state index contributed by atoms with van der Waals surface area (Å²) in [7, 11) is -3.94. The first-order valence-electron chi connectivity index (χ1n) is 2.33. The van der Waals surface area contributed by atoms with E-state index >= 15 is 0 Å². The van der Waals surface area contributed by atoms with Gasteiger partial charge in [0.1, 0.15) is 0 Å². The zero-order valence-electron chi connectivity index (χ0n) is 4.98. The molecule has 0 aromatic heterocycles. The molecule has 0 amide bonds. The van der Waals surface area contributed by atoms with E-state index in [1.807, 2.05) is 0 Å². The average molecular weight is 193 g/mol. The van der Waals surface area contributed by atoms with E-state index in [-0.39, 0.29) is 29.6 Å². The summed E-state index contributed by atoms with van der Waals surface area (Å²) in [6.45, 7) is 4.68. The van der Waals surface area contributed by atoms with E-state index < -0.39 is 20.6 Å². The van der Waals surface area contributed by atoms with E-state index in [1.54, 1.807) is 0 Å². The predicted molar refractivity (Wildman–Crippen MR) is 46.3 cm³/mol. The average Bonchev–Trinajstić information content (AvgIpc) is 1.62. The van der Waals surface area contributed by atoms with Gasteiger partial charge >= 0.3 is 29.6 Å². The molecule has 0 aliphatic carbocycles. The summed E-state index contributed by atoms with van der Waals surface area (Å²) in [6, 6.07) is 0. The van der Waals surface area contributed by atoms with Crippen molar-refractivity contribution in [1.29, 1.82) is 0 Å². The van der Waals surface area contributed by atoms with E-state index in [9.17, 15) is 8.42 Å². The Morgan fingerprint density at radius 1 is 1.60 bits per heavy atom. The molecule has 6 heteroatoms. The first-order chi connectivity index (χ1) is 3.85. The third kappa shape index (κ3) is 4.98. The van der Waals surface area contributed by atoms with Crippen LogP contribution in [0.2, 0.25) is 0 Å². The topological polar surface area (TPSA) is 54.4 Å². The zero-order valence-corrected chi connectivity index (χ0v) is 6.69. The van der Waals surface area contributed by atoms with Crippen LogP contribution in [-0.4, -0.2) is 53.0 Å². The molecule has 1 radical (unpaired) electrons. The zero-order chi connectivity index (χ0) is 7.65. The van der Waals surface area contributed by atoms with Crippen molar-refractivity contribution in [2.75, 3.05) is 0 Å². The molecule has 0 heterocycles. The standard InChI is InChI=1S/C4H9O3S2.Na.H/c1-3(8)4(2)9(5,6)7;;/h3-4,8H,1H2,2H3,(H,5,6,7);;. The number of hydrogen-bond donors (Lipinski definition) is 2. The Hall–Kier alpha value is 1.26. The Labute approximate surface area is 89.0 Å². The van der Waals surface area contributed by atoms with Gasteiger partial charge in [0.25, 0.3) is 10.1 Å². The summed E-state index contributed by atoms with van der Waals surface area (Å²) in [5.74, 6) is 0. The van der Waals surface area contributed by atoms with E-state index in [4.69, 9.17) is 4.55 Å². The van der Waals surface area contributed by atoms with Crippen LogP contribution in [0.4, 0.5) is 0 Å². The molecule has 0 spiro atoms. The van der Waals surface area contributed by atoms with Crippen LogP contribution in [0.3, 0.4) is 0 Å². The molecular formula is C4H10NaO3S2. The van der Waals surface area contributed by atoms with Gasteiger partial charge in [0.15, 0.2) is 0 Å². The second-order valence-electron chi connectivity index (χ2n) is 1.79. The molecule has 0 aromatic rings. The molecule has 3 nitrogen and oxygen atoms in total. The van der Waals surface area contributed by atoms with Gasteiger partial charge in [0.2, 0.25) is 0 Å². The van der Waals surface area contributed by atoms with Gasteiger partial charge in [0, 0.05) is 5.25 Å². The molecule has 0 rings (SSSR count). The van der Waals surface area contributed by atoms with Crippen molar-refractivity contribution in [3.05, 3.63) is 6.92 Å². The quantitative estimate of drug-likeness (QED) is 0.361. The van der Waals surface area contributed by atoms with Crippen LogP contribution >= 0.6 is 12.6 Å². The minimum absolute atomic E-state index is 0. The fraction of sp³-hybridized carbons (Fsp3) is 0.750. The molecule has 0 saturated heterocycles. The maximum absolute atomic E-state index is 10.2. The molecule has 0 aliphatic heterocycles. The summed E-state index contributed by atoms with van der Waals surface area (Å²) in [4.78, 5) is 0. The van der Waals surface area contributed by atoms with Gasteiger partial charge < -0.3 is 0 Å². The van der Waals surface area contributed by atoms with Crippen LogP contribution in [0.25, 0.3) is 0 Å². The first kappa shape index (κ1) is 13.8. The van der Waals surface area contributed by atoms with Gasteiger partial charge in [-0.2, -0.15) is 21.0 Å². The van der Waals surface area contributed by atoms with Crippen molar-refractivity contribution in [3.63, 3.8) is 0 Å². The van der Waals surface area contributed by atoms with Gasteiger partial charge in [-0.25, -0.2) is 0 Å². The van der Waals surface area contributed by atoms with Crippen molar-refractivity contribution in [3.8, 4) is 0 Å². The van der Waals surface area contributed by atoms with E-state index in [0.717, 1.165) is 0 Å². The van der Waals surface area contributed by atoms with Crippen LogP contribution in [0.15, 0.2) is 0 Å². The van der Waals surface area contributed by atoms with E-state index in [2.05, 4.69) is 19.6 Å². The Balaban J connectivity index is 0. The van der Waals surface area contributed by atoms with Gasteiger partial charge in [0.05, 0.1) is 5.25 Å². The second kappa shape index (κ2) is 5.00. The molecule has 57 valence electrons. The summed E-state index contributed by atoms with van der Waals surface area (Å²) in [5.41, 5.74) is 0. The van der Waals surface area contributed by atoms with Gasteiger partial charge in [-0.05, 0) is 13.8 Å². The number of rotatable bonds is 2. The summed E-state index contributed by atoms with van der Waals surface area (Å²) in [5, 5.41) is -1.49. The minimum atomic E-state index is -3.94. The molecule has 0 fully saturated rings. The molecule has 10 heavy (non-hydrogen) atoms. The fourth-order valence-corrected chi connectivity index (χ4v) is 1.06. The van der Waals surface area contributed by atoms with Gasteiger partial charge in [-0.1, -0.05) is 0 Å². The van der Waals surface area contributed by atoms with Gasteiger partial charge in [-0.3, -0.25) is 4.55 Å². The molecule has 0 bridgehead atoms. The molecule has 0 aromatic carbocycles. The van der Waals surface area contributed by atoms with Crippen molar-refractivity contribution in [1.82, 2.24) is 0 Å². The predicted octanol–water partition coefficient (Wildman–Crippen LogP) is -0.253. The fourth-order valence-electron chi connectivity index (χ4n) is 0.199. The van der Waals surface area contributed by atoms with Crippen LogP contribution in [0, 0.1) is 6.92 Å². The normalized spacial score (nSPS) is 17.2. The summed E-state index contributed by atoms with van der Waals surface area (Å²) in [6.07, 6.45) is 0. The van der Waals surface area contributed by atoms with Crippen molar-refractivity contribution in [2.24, 2.45) is 0 Å². The Morgan fingerprint density at radius 3 is 1.90 bits per heavy atom. The van der Waals surface area contributed by atoms with Crippen LogP contribution in [0.1, 0.15) is 6.92 Å². The third-order valence-corrected chi connectivity index (χ3v) is 2.93. The third-order valence-electron chi connectivity index (χ3n) is 1.01. The number of thiol groups is 1. The molecule has 0 aliphatic rings. The van der Waals surface area contributed by atoms with Gasteiger partial charge in [-0.15, -0.1) is 0 Å². The Bertz CT molecular complexity index is 175. The van der Waals surface area contributed by atoms with Crippen molar-refractivity contribution < 1.29 is 13.0 Å². The van der Waals surface area contributed by atoms with E-state index in [1.165, 1.54) is 6.92 Å². The molecular weight excluding hydrogens is 183 g/mol. The SMILES string of the molecule is [CH2]C(S)C(C)S(=O)(=O)O.[NaH].